The highest BCUT2D eigenvalue weighted by atomic mass is 32.2. The van der Waals surface area contributed by atoms with Gasteiger partial charge >= 0.3 is 5.97 Å². The van der Waals surface area contributed by atoms with Gasteiger partial charge in [-0.1, -0.05) is 36.4 Å². The van der Waals surface area contributed by atoms with Gasteiger partial charge < -0.3 is 10.1 Å². The molecule has 184 valence electrons. The lowest BCUT2D eigenvalue weighted by atomic mass is 10.1. The van der Waals surface area contributed by atoms with Crippen molar-refractivity contribution in [1.29, 1.82) is 0 Å². The molecule has 0 aliphatic heterocycles. The Kier molecular flexibility index (Phi) is 9.03. The van der Waals surface area contributed by atoms with Crippen molar-refractivity contribution in [3.63, 3.8) is 0 Å². The predicted octanol–water partition coefficient (Wildman–Crippen LogP) is 5.00. The number of esters is 1. The fraction of sp³-hybridized carbons (Fsp3) is 0.259. The Labute approximate surface area is 206 Å². The topological polar surface area (TPSA) is 102 Å². The molecule has 1 amide bonds. The average Bonchev–Trinajstić information content (AvgIpc) is 2.80. The molecule has 3 rings (SSSR count). The summed E-state index contributed by atoms with van der Waals surface area (Å²) in [7, 11) is -3.77. The van der Waals surface area contributed by atoms with Gasteiger partial charge in [0.15, 0.2) is 0 Å². The van der Waals surface area contributed by atoms with Crippen LogP contribution in [0, 0.1) is 13.8 Å². The third-order valence-corrected chi connectivity index (χ3v) is 6.59. The van der Waals surface area contributed by atoms with Crippen LogP contribution < -0.4 is 10.0 Å². The van der Waals surface area contributed by atoms with E-state index in [4.69, 9.17) is 4.74 Å². The predicted molar refractivity (Wildman–Crippen MR) is 137 cm³/mol. The Morgan fingerprint density at radius 1 is 0.829 bits per heavy atom. The first-order valence-corrected chi connectivity index (χ1v) is 12.9. The van der Waals surface area contributed by atoms with E-state index in [0.717, 1.165) is 24.0 Å². The third kappa shape index (κ3) is 8.57. The normalized spacial score (nSPS) is 11.0. The van der Waals surface area contributed by atoms with Gasteiger partial charge in [-0.05, 0) is 79.8 Å². The van der Waals surface area contributed by atoms with Crippen LogP contribution in [0.5, 0.6) is 0 Å². The molecule has 0 atom stereocenters. The molecular formula is C27H30N2O5S. The summed E-state index contributed by atoms with van der Waals surface area (Å²) in [6, 6.07) is 21.3. The number of rotatable bonds is 11. The largest absolute Gasteiger partial charge is 0.466 e. The molecule has 7 nitrogen and oxygen atoms in total. The summed E-state index contributed by atoms with van der Waals surface area (Å²) < 4.78 is 33.1. The first-order chi connectivity index (χ1) is 16.7. The van der Waals surface area contributed by atoms with Gasteiger partial charge in [-0.15, -0.1) is 0 Å². The van der Waals surface area contributed by atoms with Crippen molar-refractivity contribution in [2.75, 3.05) is 16.6 Å². The molecule has 0 saturated heterocycles. The summed E-state index contributed by atoms with van der Waals surface area (Å²) >= 11 is 0. The van der Waals surface area contributed by atoms with E-state index in [1.54, 1.807) is 12.1 Å². The molecule has 0 radical (unpaired) electrons. The number of aryl methyl sites for hydroxylation is 3. The number of hydrogen-bond acceptors (Lipinski definition) is 5. The Morgan fingerprint density at radius 2 is 1.49 bits per heavy atom. The number of anilines is 2. The molecule has 3 aromatic rings. The first kappa shape index (κ1) is 26.0. The fourth-order valence-electron chi connectivity index (χ4n) is 3.58. The van der Waals surface area contributed by atoms with Gasteiger partial charge in [-0.2, -0.15) is 0 Å². The molecule has 3 aromatic carbocycles. The highest BCUT2D eigenvalue weighted by Gasteiger charge is 2.15. The van der Waals surface area contributed by atoms with Crippen LogP contribution >= 0.6 is 0 Å². The quantitative estimate of drug-likeness (QED) is 0.289. The lowest BCUT2D eigenvalue weighted by Crippen LogP contribution is -2.16. The van der Waals surface area contributed by atoms with Gasteiger partial charge in [0.25, 0.3) is 10.0 Å². The van der Waals surface area contributed by atoms with Crippen molar-refractivity contribution in [3.05, 3.63) is 89.5 Å². The van der Waals surface area contributed by atoms with Crippen molar-refractivity contribution >= 4 is 33.3 Å². The Morgan fingerprint density at radius 3 is 2.14 bits per heavy atom. The Balaban J connectivity index is 1.42. The number of hydrogen-bond donors (Lipinski definition) is 2. The maximum absolute atomic E-state index is 12.7. The minimum atomic E-state index is -3.77. The van der Waals surface area contributed by atoms with Crippen molar-refractivity contribution in [2.45, 2.75) is 44.4 Å². The van der Waals surface area contributed by atoms with Gasteiger partial charge in [0.1, 0.15) is 0 Å². The summed E-state index contributed by atoms with van der Waals surface area (Å²) in [5, 5.41) is 2.67. The van der Waals surface area contributed by atoms with Crippen LogP contribution in [0.1, 0.15) is 36.0 Å². The van der Waals surface area contributed by atoms with Gasteiger partial charge in [0.05, 0.1) is 17.9 Å². The molecule has 8 heteroatoms. The summed E-state index contributed by atoms with van der Waals surface area (Å²) in [5.41, 5.74) is 4.03. The molecule has 35 heavy (non-hydrogen) atoms. The minimum Gasteiger partial charge on any atom is -0.466 e. The van der Waals surface area contributed by atoms with Crippen LogP contribution in [0.3, 0.4) is 0 Å². The molecule has 0 aliphatic rings. The van der Waals surface area contributed by atoms with E-state index in [1.807, 2.05) is 50.2 Å². The lowest BCUT2D eigenvalue weighted by molar-refractivity contribution is -0.144. The zero-order valence-electron chi connectivity index (χ0n) is 19.9. The Bertz CT molecular complexity index is 1240. The zero-order valence-corrected chi connectivity index (χ0v) is 20.7. The number of carbonyl (C=O) groups is 2. The number of benzene rings is 3. The molecular weight excluding hydrogens is 464 g/mol. The van der Waals surface area contributed by atoms with Crippen LogP contribution in [0.25, 0.3) is 0 Å². The average molecular weight is 495 g/mol. The van der Waals surface area contributed by atoms with E-state index < -0.39 is 16.0 Å². The van der Waals surface area contributed by atoms with E-state index in [9.17, 15) is 18.0 Å². The summed E-state index contributed by atoms with van der Waals surface area (Å²) in [6.45, 7) is 4.10. The molecule has 0 bridgehead atoms. The SMILES string of the molecule is Cc1cc(C)cc(NS(=O)(=O)c2ccc(NC(=O)CCC(=O)OCCCc3ccccc3)cc2)c1. The molecule has 0 spiro atoms. The molecule has 0 aliphatic carbocycles. The summed E-state index contributed by atoms with van der Waals surface area (Å²) in [6.07, 6.45) is 1.49. The van der Waals surface area contributed by atoms with Crippen molar-refractivity contribution in [2.24, 2.45) is 0 Å². The zero-order chi connectivity index (χ0) is 25.3. The lowest BCUT2D eigenvalue weighted by Gasteiger charge is -2.11. The van der Waals surface area contributed by atoms with E-state index in [2.05, 4.69) is 10.0 Å². The van der Waals surface area contributed by atoms with E-state index in [1.165, 1.54) is 29.8 Å². The van der Waals surface area contributed by atoms with E-state index >= 15 is 0 Å². The van der Waals surface area contributed by atoms with Crippen molar-refractivity contribution in [3.8, 4) is 0 Å². The van der Waals surface area contributed by atoms with Gasteiger partial charge in [-0.25, -0.2) is 8.42 Å². The van der Waals surface area contributed by atoms with Gasteiger partial charge in [-0.3, -0.25) is 14.3 Å². The third-order valence-electron chi connectivity index (χ3n) is 5.19. The highest BCUT2D eigenvalue weighted by molar-refractivity contribution is 7.92. The van der Waals surface area contributed by atoms with Gasteiger partial charge in [0, 0.05) is 17.8 Å². The fourth-order valence-corrected chi connectivity index (χ4v) is 4.62. The number of amides is 1. The second kappa shape index (κ2) is 12.2. The number of ether oxygens (including phenoxy) is 1. The van der Waals surface area contributed by atoms with E-state index in [0.29, 0.717) is 18.0 Å². The number of carbonyl (C=O) groups excluding carboxylic acids is 2. The maximum atomic E-state index is 12.7. The highest BCUT2D eigenvalue weighted by Crippen LogP contribution is 2.20. The van der Waals surface area contributed by atoms with Crippen LogP contribution in [0.15, 0.2) is 77.7 Å². The second-order valence-electron chi connectivity index (χ2n) is 8.36. The molecule has 0 heterocycles. The minimum absolute atomic E-state index is 0.0220. The van der Waals surface area contributed by atoms with E-state index in [-0.39, 0.29) is 23.6 Å². The van der Waals surface area contributed by atoms with Crippen molar-refractivity contribution in [1.82, 2.24) is 0 Å². The molecule has 0 aromatic heterocycles. The molecule has 0 fully saturated rings. The molecule has 0 saturated carbocycles. The van der Waals surface area contributed by atoms with Crippen LogP contribution in [-0.4, -0.2) is 26.9 Å². The Hall–Kier alpha value is -3.65. The van der Waals surface area contributed by atoms with Crippen LogP contribution in [0.4, 0.5) is 11.4 Å². The number of nitrogens with one attached hydrogen (secondary N) is 2. The number of sulfonamides is 1. The van der Waals surface area contributed by atoms with Gasteiger partial charge in [0.2, 0.25) is 5.91 Å². The second-order valence-corrected chi connectivity index (χ2v) is 10.0. The molecule has 0 unspecified atom stereocenters. The summed E-state index contributed by atoms with van der Waals surface area (Å²) in [4.78, 5) is 24.1. The molecule has 2 N–H and O–H groups in total. The van der Waals surface area contributed by atoms with Crippen LogP contribution in [-0.2, 0) is 30.8 Å². The van der Waals surface area contributed by atoms with Crippen LogP contribution in [0.2, 0.25) is 0 Å². The maximum Gasteiger partial charge on any atom is 0.306 e. The first-order valence-electron chi connectivity index (χ1n) is 11.4. The monoisotopic (exact) mass is 494 g/mol. The smallest absolute Gasteiger partial charge is 0.306 e. The standard InChI is InChI=1S/C27H30N2O5S/c1-20-17-21(2)19-24(18-20)29-35(32,33)25-12-10-23(11-13-25)28-26(30)14-15-27(31)34-16-6-9-22-7-4-3-5-8-22/h3-5,7-8,10-13,17-19,29H,6,9,14-16H2,1-2H3,(H,28,30). The van der Waals surface area contributed by atoms with Crippen molar-refractivity contribution < 1.29 is 22.7 Å². The summed E-state index contributed by atoms with van der Waals surface area (Å²) in [5.74, 6) is -0.776.